The lowest BCUT2D eigenvalue weighted by atomic mass is 10.1. The quantitative estimate of drug-likeness (QED) is 0.910. The summed E-state index contributed by atoms with van der Waals surface area (Å²) >= 11 is 0. The van der Waals surface area contributed by atoms with E-state index in [4.69, 9.17) is 5.73 Å². The lowest BCUT2D eigenvalue weighted by molar-refractivity contribution is -0.117. The van der Waals surface area contributed by atoms with Gasteiger partial charge in [0.1, 0.15) is 0 Å². The first-order valence-electron chi connectivity index (χ1n) is 6.32. The number of rotatable bonds is 4. The zero-order valence-electron chi connectivity index (χ0n) is 11.4. The van der Waals surface area contributed by atoms with Crippen LogP contribution in [0.3, 0.4) is 0 Å². The predicted molar refractivity (Wildman–Crippen MR) is 85.2 cm³/mol. The zero-order valence-corrected chi connectivity index (χ0v) is 12.2. The number of amides is 1. The number of nitrogens with one attached hydrogen (secondary N) is 1. The summed E-state index contributed by atoms with van der Waals surface area (Å²) in [5.41, 5.74) is 8.91. The molecule has 2 rings (SSSR count). The van der Waals surface area contributed by atoms with Crippen molar-refractivity contribution in [3.05, 3.63) is 65.7 Å². The summed E-state index contributed by atoms with van der Waals surface area (Å²) in [6.45, 7) is 2.01. The van der Waals surface area contributed by atoms with Crippen LogP contribution in [0, 0.1) is 6.92 Å². The molecule has 20 heavy (non-hydrogen) atoms. The maximum Gasteiger partial charge on any atom is 0.241 e. The highest BCUT2D eigenvalue weighted by molar-refractivity contribution is 5.94. The Morgan fingerprint density at radius 2 is 1.70 bits per heavy atom. The van der Waals surface area contributed by atoms with Crippen LogP contribution in [0.1, 0.15) is 11.1 Å². The van der Waals surface area contributed by atoms with Gasteiger partial charge in [-0.3, -0.25) is 4.79 Å². The molecule has 106 valence electrons. The van der Waals surface area contributed by atoms with Crippen molar-refractivity contribution in [1.29, 1.82) is 0 Å². The molecule has 3 nitrogen and oxygen atoms in total. The summed E-state index contributed by atoms with van der Waals surface area (Å²) in [5.74, 6) is -0.160. The molecule has 0 aliphatic heterocycles. The maximum atomic E-state index is 12.0. The zero-order chi connectivity index (χ0) is 13.7. The molecule has 2 aromatic rings. The van der Waals surface area contributed by atoms with Gasteiger partial charge in [-0.1, -0.05) is 48.0 Å². The van der Waals surface area contributed by atoms with Crippen molar-refractivity contribution in [3.8, 4) is 0 Å². The van der Waals surface area contributed by atoms with E-state index in [1.54, 1.807) is 0 Å². The molecular weight excluding hydrogens is 272 g/mol. The van der Waals surface area contributed by atoms with Gasteiger partial charge in [-0.25, -0.2) is 0 Å². The van der Waals surface area contributed by atoms with Crippen molar-refractivity contribution in [2.45, 2.75) is 19.4 Å². The van der Waals surface area contributed by atoms with E-state index in [1.807, 2.05) is 61.5 Å². The molecule has 4 heteroatoms. The van der Waals surface area contributed by atoms with Crippen LogP contribution in [0.5, 0.6) is 0 Å². The van der Waals surface area contributed by atoms with Crippen LogP contribution in [0.4, 0.5) is 5.69 Å². The molecule has 0 saturated heterocycles. The summed E-state index contributed by atoms with van der Waals surface area (Å²) < 4.78 is 0. The van der Waals surface area contributed by atoms with Crippen LogP contribution in [0.15, 0.2) is 54.6 Å². The Bertz CT molecular complexity index is 540. The third kappa shape index (κ3) is 4.68. The van der Waals surface area contributed by atoms with Gasteiger partial charge in [0.05, 0.1) is 6.04 Å². The van der Waals surface area contributed by atoms with E-state index in [1.165, 1.54) is 0 Å². The number of halogens is 1. The number of carbonyl (C=O) groups is 1. The normalized spacial score (nSPS) is 11.3. The summed E-state index contributed by atoms with van der Waals surface area (Å²) in [7, 11) is 0. The molecule has 0 aromatic heterocycles. The fourth-order valence-corrected chi connectivity index (χ4v) is 1.83. The molecule has 0 bridgehead atoms. The molecule has 1 amide bonds. The van der Waals surface area contributed by atoms with Crippen LogP contribution in [0.25, 0.3) is 0 Å². The molecule has 0 radical (unpaired) electrons. The molecule has 0 spiro atoms. The van der Waals surface area contributed by atoms with Gasteiger partial charge in [0.15, 0.2) is 0 Å². The van der Waals surface area contributed by atoms with Crippen LogP contribution in [0.2, 0.25) is 0 Å². The van der Waals surface area contributed by atoms with Crippen molar-refractivity contribution < 1.29 is 4.79 Å². The molecule has 0 aliphatic carbocycles. The van der Waals surface area contributed by atoms with E-state index in [9.17, 15) is 4.79 Å². The second kappa shape index (κ2) is 7.68. The predicted octanol–water partition coefficient (Wildman–Crippen LogP) is 2.93. The van der Waals surface area contributed by atoms with E-state index in [-0.39, 0.29) is 18.3 Å². The standard InChI is InChI=1S/C16H18N2O.ClH/c1-12-7-9-14(10-8-12)18-16(19)15(17)11-13-5-3-2-4-6-13;/h2-10,15H,11,17H2,1H3,(H,18,19);1H. The summed E-state index contributed by atoms with van der Waals surface area (Å²) in [6.07, 6.45) is 0.540. The van der Waals surface area contributed by atoms with Crippen molar-refractivity contribution in [3.63, 3.8) is 0 Å². The highest BCUT2D eigenvalue weighted by atomic mass is 35.5. The number of aryl methyl sites for hydroxylation is 1. The Balaban J connectivity index is 0.00000200. The first kappa shape index (κ1) is 16.2. The summed E-state index contributed by atoms with van der Waals surface area (Å²) in [6, 6.07) is 16.9. The Labute approximate surface area is 125 Å². The first-order valence-corrected chi connectivity index (χ1v) is 6.32. The van der Waals surface area contributed by atoms with Gasteiger partial charge in [0.25, 0.3) is 0 Å². The topological polar surface area (TPSA) is 55.1 Å². The summed E-state index contributed by atoms with van der Waals surface area (Å²) in [5, 5.41) is 2.83. The van der Waals surface area contributed by atoms with Crippen LogP contribution in [-0.2, 0) is 11.2 Å². The van der Waals surface area contributed by atoms with E-state index >= 15 is 0 Å². The fraction of sp³-hybridized carbons (Fsp3) is 0.188. The molecular formula is C16H19ClN2O. The van der Waals surface area contributed by atoms with Gasteiger partial charge >= 0.3 is 0 Å². The molecule has 1 unspecified atom stereocenters. The lowest BCUT2D eigenvalue weighted by Crippen LogP contribution is -2.37. The van der Waals surface area contributed by atoms with E-state index < -0.39 is 6.04 Å². The molecule has 0 aliphatic rings. The number of anilines is 1. The van der Waals surface area contributed by atoms with Crippen LogP contribution >= 0.6 is 12.4 Å². The molecule has 3 N–H and O–H groups in total. The average molecular weight is 291 g/mol. The number of hydrogen-bond donors (Lipinski definition) is 2. The number of hydrogen-bond acceptors (Lipinski definition) is 2. The maximum absolute atomic E-state index is 12.0. The smallest absolute Gasteiger partial charge is 0.241 e. The minimum Gasteiger partial charge on any atom is -0.325 e. The minimum atomic E-state index is -0.538. The monoisotopic (exact) mass is 290 g/mol. The molecule has 1 atom stereocenters. The molecule has 2 aromatic carbocycles. The van der Waals surface area contributed by atoms with E-state index in [2.05, 4.69) is 5.32 Å². The Morgan fingerprint density at radius 3 is 2.30 bits per heavy atom. The minimum absolute atomic E-state index is 0. The highest BCUT2D eigenvalue weighted by Crippen LogP contribution is 2.09. The second-order valence-corrected chi connectivity index (χ2v) is 4.65. The van der Waals surface area contributed by atoms with Crippen LogP contribution < -0.4 is 11.1 Å². The second-order valence-electron chi connectivity index (χ2n) is 4.65. The van der Waals surface area contributed by atoms with Gasteiger partial charge < -0.3 is 11.1 Å². The third-order valence-corrected chi connectivity index (χ3v) is 2.95. The van der Waals surface area contributed by atoms with Gasteiger partial charge in [0.2, 0.25) is 5.91 Å². The van der Waals surface area contributed by atoms with Crippen molar-refractivity contribution in [1.82, 2.24) is 0 Å². The molecule has 0 heterocycles. The van der Waals surface area contributed by atoms with Gasteiger partial charge in [-0.2, -0.15) is 0 Å². The van der Waals surface area contributed by atoms with Crippen molar-refractivity contribution >= 4 is 24.0 Å². The molecule has 0 saturated carbocycles. The van der Waals surface area contributed by atoms with Gasteiger partial charge in [-0.15, -0.1) is 12.4 Å². The third-order valence-electron chi connectivity index (χ3n) is 2.95. The van der Waals surface area contributed by atoms with Gasteiger partial charge in [-0.05, 0) is 31.0 Å². The molecule has 0 fully saturated rings. The number of benzene rings is 2. The number of nitrogens with two attached hydrogens (primary N) is 1. The Kier molecular flexibility index (Phi) is 6.22. The van der Waals surface area contributed by atoms with E-state index in [0.29, 0.717) is 6.42 Å². The average Bonchev–Trinajstić information content (AvgIpc) is 2.42. The van der Waals surface area contributed by atoms with E-state index in [0.717, 1.165) is 16.8 Å². The van der Waals surface area contributed by atoms with Crippen LogP contribution in [-0.4, -0.2) is 11.9 Å². The van der Waals surface area contributed by atoms with Crippen molar-refractivity contribution in [2.24, 2.45) is 5.73 Å². The largest absolute Gasteiger partial charge is 0.325 e. The lowest BCUT2D eigenvalue weighted by Gasteiger charge is -2.12. The first-order chi connectivity index (χ1) is 9.15. The SMILES string of the molecule is Cc1ccc(NC(=O)C(N)Cc2ccccc2)cc1.Cl. The number of carbonyl (C=O) groups excluding carboxylic acids is 1. The Morgan fingerprint density at radius 1 is 1.10 bits per heavy atom. The van der Waals surface area contributed by atoms with Gasteiger partial charge in [0, 0.05) is 5.69 Å². The Hall–Kier alpha value is -1.84. The summed E-state index contributed by atoms with van der Waals surface area (Å²) in [4.78, 5) is 12.0. The fourth-order valence-electron chi connectivity index (χ4n) is 1.83. The highest BCUT2D eigenvalue weighted by Gasteiger charge is 2.13. The van der Waals surface area contributed by atoms with Crippen molar-refractivity contribution in [2.75, 3.05) is 5.32 Å².